The Bertz CT molecular complexity index is 1500. The van der Waals surface area contributed by atoms with Crippen molar-refractivity contribution in [2.45, 2.75) is 52.4 Å². The molecule has 1 aliphatic carbocycles. The second kappa shape index (κ2) is 15.7. The van der Waals surface area contributed by atoms with Crippen LogP contribution in [0.1, 0.15) is 60.0 Å². The van der Waals surface area contributed by atoms with E-state index >= 15 is 0 Å². The van der Waals surface area contributed by atoms with E-state index in [9.17, 15) is 24.3 Å². The highest BCUT2D eigenvalue weighted by Crippen LogP contribution is 2.31. The normalized spacial score (nSPS) is 13.0. The number of anilines is 3. The molecular formula is C35H42N4O6. The fraction of sp³-hybridized carbons (Fsp3) is 0.371. The Morgan fingerprint density at radius 2 is 1.60 bits per heavy atom. The standard InChI is InChI=1S/C35H42N4O6/c1-24-18-25(2)20-29(19-24)38(3)33(41)23-45-31-15-8-7-14-30(31)39(17-16-26-10-5-4-6-11-26)32(40)22-36-35(44)37-28-13-9-12-27(21-28)34(42)43/h7-9,12-15,18-21,26H,4-6,10-11,16-17,22-23H2,1-3H3,(H,42,43)(H2,36,37,44). The van der Waals surface area contributed by atoms with Gasteiger partial charge in [-0.3, -0.25) is 9.59 Å². The molecule has 0 saturated heterocycles. The van der Waals surface area contributed by atoms with E-state index in [4.69, 9.17) is 4.74 Å². The van der Waals surface area contributed by atoms with E-state index in [1.54, 1.807) is 41.1 Å². The van der Waals surface area contributed by atoms with Crippen molar-refractivity contribution in [1.82, 2.24) is 5.32 Å². The van der Waals surface area contributed by atoms with Gasteiger partial charge in [0.25, 0.3) is 5.91 Å². The monoisotopic (exact) mass is 614 g/mol. The summed E-state index contributed by atoms with van der Waals surface area (Å²) in [6.07, 6.45) is 6.64. The Kier molecular flexibility index (Phi) is 11.6. The van der Waals surface area contributed by atoms with Gasteiger partial charge in [-0.05, 0) is 79.8 Å². The molecule has 1 fully saturated rings. The molecule has 4 rings (SSSR count). The zero-order valence-corrected chi connectivity index (χ0v) is 26.2. The van der Waals surface area contributed by atoms with Crippen LogP contribution in [-0.4, -0.2) is 55.7 Å². The number of carboxylic acids is 1. The molecule has 1 saturated carbocycles. The highest BCUT2D eigenvalue weighted by molar-refractivity contribution is 6.00. The summed E-state index contributed by atoms with van der Waals surface area (Å²) in [5.74, 6) is -0.781. The Morgan fingerprint density at radius 1 is 0.889 bits per heavy atom. The van der Waals surface area contributed by atoms with E-state index in [1.165, 1.54) is 37.5 Å². The minimum absolute atomic E-state index is 0.0352. The molecule has 0 aromatic heterocycles. The van der Waals surface area contributed by atoms with Gasteiger partial charge in [0.05, 0.1) is 17.8 Å². The average molecular weight is 615 g/mol. The van der Waals surface area contributed by atoms with Gasteiger partial charge in [-0.1, -0.05) is 56.4 Å². The van der Waals surface area contributed by atoms with Gasteiger partial charge >= 0.3 is 12.0 Å². The predicted molar refractivity (Wildman–Crippen MR) is 175 cm³/mol. The maximum atomic E-state index is 13.6. The van der Waals surface area contributed by atoms with E-state index in [2.05, 4.69) is 10.6 Å². The number of hydrogen-bond donors (Lipinski definition) is 3. The summed E-state index contributed by atoms with van der Waals surface area (Å²) < 4.78 is 6.03. The molecule has 0 aliphatic heterocycles. The van der Waals surface area contributed by atoms with Gasteiger partial charge < -0.3 is 30.3 Å². The second-order valence-corrected chi connectivity index (χ2v) is 11.6. The molecule has 0 heterocycles. The molecule has 3 N–H and O–H groups in total. The molecule has 3 aromatic carbocycles. The number of carbonyl (C=O) groups is 4. The van der Waals surface area contributed by atoms with Crippen LogP contribution in [0.15, 0.2) is 66.7 Å². The Balaban J connectivity index is 1.46. The second-order valence-electron chi connectivity index (χ2n) is 11.6. The molecule has 0 bridgehead atoms. The van der Waals surface area contributed by atoms with Crippen molar-refractivity contribution >= 4 is 40.9 Å². The molecule has 45 heavy (non-hydrogen) atoms. The van der Waals surface area contributed by atoms with Crippen molar-refractivity contribution in [3.8, 4) is 5.75 Å². The highest BCUT2D eigenvalue weighted by Gasteiger charge is 2.23. The molecule has 0 spiro atoms. The Labute approximate surface area is 264 Å². The summed E-state index contributed by atoms with van der Waals surface area (Å²) in [6.45, 7) is 3.88. The minimum atomic E-state index is -1.11. The zero-order chi connectivity index (χ0) is 32.3. The molecule has 0 unspecified atom stereocenters. The smallest absolute Gasteiger partial charge is 0.335 e. The molecule has 3 aromatic rings. The van der Waals surface area contributed by atoms with Crippen molar-refractivity contribution in [2.75, 3.05) is 41.9 Å². The van der Waals surface area contributed by atoms with Gasteiger partial charge in [-0.25, -0.2) is 9.59 Å². The van der Waals surface area contributed by atoms with Crippen molar-refractivity contribution in [3.63, 3.8) is 0 Å². The van der Waals surface area contributed by atoms with Crippen molar-refractivity contribution in [2.24, 2.45) is 5.92 Å². The number of carbonyl (C=O) groups excluding carboxylic acids is 3. The van der Waals surface area contributed by atoms with Crippen LogP contribution in [0, 0.1) is 19.8 Å². The molecule has 1 aliphatic rings. The molecule has 238 valence electrons. The van der Waals surface area contributed by atoms with E-state index in [1.807, 2.05) is 38.1 Å². The number of nitrogens with one attached hydrogen (secondary N) is 2. The van der Waals surface area contributed by atoms with Crippen LogP contribution < -0.4 is 25.2 Å². The van der Waals surface area contributed by atoms with Crippen molar-refractivity contribution < 1.29 is 29.0 Å². The third-order valence-electron chi connectivity index (χ3n) is 8.03. The molecular weight excluding hydrogens is 572 g/mol. The third-order valence-corrected chi connectivity index (χ3v) is 8.03. The topological polar surface area (TPSA) is 128 Å². The number of para-hydroxylation sites is 2. The molecule has 10 heteroatoms. The maximum Gasteiger partial charge on any atom is 0.335 e. The highest BCUT2D eigenvalue weighted by atomic mass is 16.5. The van der Waals surface area contributed by atoms with Gasteiger partial charge in [0, 0.05) is 25.0 Å². The Hall–Kier alpha value is -4.86. The van der Waals surface area contributed by atoms with Gasteiger partial charge in [-0.2, -0.15) is 0 Å². The van der Waals surface area contributed by atoms with Gasteiger partial charge in [-0.15, -0.1) is 0 Å². The van der Waals surface area contributed by atoms with E-state index < -0.39 is 12.0 Å². The number of likely N-dealkylation sites (N-methyl/N-ethyl adjacent to an activating group) is 1. The number of aromatic carboxylic acids is 1. The number of nitrogens with zero attached hydrogens (tertiary/aromatic N) is 2. The van der Waals surface area contributed by atoms with Crippen LogP contribution in [-0.2, 0) is 9.59 Å². The first-order valence-electron chi connectivity index (χ1n) is 15.4. The number of amides is 4. The summed E-state index contributed by atoms with van der Waals surface area (Å²) in [6, 6.07) is 18.3. The molecule has 0 radical (unpaired) electrons. The first-order chi connectivity index (χ1) is 21.6. The minimum Gasteiger partial charge on any atom is -0.482 e. The van der Waals surface area contributed by atoms with Crippen molar-refractivity contribution in [3.05, 3.63) is 83.4 Å². The molecule has 10 nitrogen and oxygen atoms in total. The van der Waals surface area contributed by atoms with Gasteiger partial charge in [0.1, 0.15) is 5.75 Å². The largest absolute Gasteiger partial charge is 0.482 e. The number of urea groups is 1. The summed E-state index contributed by atoms with van der Waals surface area (Å²) in [5.41, 5.74) is 3.74. The lowest BCUT2D eigenvalue weighted by Gasteiger charge is -2.29. The van der Waals surface area contributed by atoms with E-state index in [-0.39, 0.29) is 30.5 Å². The lowest BCUT2D eigenvalue weighted by Crippen LogP contribution is -2.42. The fourth-order valence-corrected chi connectivity index (χ4v) is 5.65. The van der Waals surface area contributed by atoms with Crippen LogP contribution in [0.5, 0.6) is 5.75 Å². The summed E-state index contributed by atoms with van der Waals surface area (Å²) in [5, 5.41) is 14.4. The number of hydrogen-bond acceptors (Lipinski definition) is 5. The van der Waals surface area contributed by atoms with Crippen LogP contribution in [0.3, 0.4) is 0 Å². The SMILES string of the molecule is Cc1cc(C)cc(N(C)C(=O)COc2ccccc2N(CCC2CCCCC2)C(=O)CNC(=O)Nc2cccc(C(=O)O)c2)c1. The van der Waals surface area contributed by atoms with Crippen LogP contribution >= 0.6 is 0 Å². The number of carboxylic acid groups (broad SMARTS) is 1. The number of ether oxygens (including phenoxy) is 1. The fourth-order valence-electron chi connectivity index (χ4n) is 5.65. The summed E-state index contributed by atoms with van der Waals surface area (Å²) in [7, 11) is 1.71. The first-order valence-corrected chi connectivity index (χ1v) is 15.4. The lowest BCUT2D eigenvalue weighted by molar-refractivity contribution is -0.120. The van der Waals surface area contributed by atoms with Gasteiger partial charge in [0.2, 0.25) is 5.91 Å². The average Bonchev–Trinajstić information content (AvgIpc) is 3.03. The van der Waals surface area contributed by atoms with Gasteiger partial charge in [0.15, 0.2) is 6.61 Å². The summed E-state index contributed by atoms with van der Waals surface area (Å²) >= 11 is 0. The van der Waals surface area contributed by atoms with Crippen molar-refractivity contribution in [1.29, 1.82) is 0 Å². The van der Waals surface area contributed by atoms with E-state index in [0.29, 0.717) is 29.6 Å². The zero-order valence-electron chi connectivity index (χ0n) is 26.2. The first kappa shape index (κ1) is 33.0. The van der Waals surface area contributed by atoms with Crippen LogP contribution in [0.2, 0.25) is 0 Å². The molecule has 4 amide bonds. The van der Waals surface area contributed by atoms with E-state index in [0.717, 1.165) is 36.1 Å². The maximum absolute atomic E-state index is 13.6. The van der Waals surface area contributed by atoms with Crippen LogP contribution in [0.4, 0.5) is 21.9 Å². The summed E-state index contributed by atoms with van der Waals surface area (Å²) in [4.78, 5) is 53.8. The Morgan fingerprint density at radius 3 is 2.31 bits per heavy atom. The number of benzene rings is 3. The number of rotatable bonds is 12. The number of aryl methyl sites for hydroxylation is 2. The molecule has 0 atom stereocenters. The predicted octanol–water partition coefficient (Wildman–Crippen LogP) is 6.17. The third kappa shape index (κ3) is 9.56. The van der Waals surface area contributed by atoms with Crippen LogP contribution in [0.25, 0.3) is 0 Å². The lowest BCUT2D eigenvalue weighted by atomic mass is 9.87. The quantitative estimate of drug-likeness (QED) is 0.224.